The van der Waals surface area contributed by atoms with Crippen LogP contribution in [0.5, 0.6) is 0 Å². The summed E-state index contributed by atoms with van der Waals surface area (Å²) in [6, 6.07) is 14.2. The Bertz CT molecular complexity index is 888. The molecule has 0 bridgehead atoms. The number of nitrogens with one attached hydrogen (secondary N) is 2. The molecule has 2 fully saturated rings. The molecule has 0 radical (unpaired) electrons. The molecule has 1 aliphatic carbocycles. The number of nitrogens with zero attached hydrogens (tertiary/aromatic N) is 1. The van der Waals surface area contributed by atoms with Gasteiger partial charge in [-0.3, -0.25) is 14.4 Å². The topological polar surface area (TPSA) is 78.5 Å². The highest BCUT2D eigenvalue weighted by molar-refractivity contribution is 6.06. The summed E-state index contributed by atoms with van der Waals surface area (Å²) in [5, 5.41) is 5.72. The molecule has 0 atom stereocenters. The molecule has 6 nitrogen and oxygen atoms in total. The van der Waals surface area contributed by atoms with E-state index in [9.17, 15) is 14.4 Å². The lowest BCUT2D eigenvalue weighted by molar-refractivity contribution is -0.118. The van der Waals surface area contributed by atoms with Crippen LogP contribution in [0.2, 0.25) is 0 Å². The van der Waals surface area contributed by atoms with Crippen LogP contribution < -0.4 is 15.5 Å². The third-order valence-corrected chi connectivity index (χ3v) is 4.85. The molecule has 1 saturated heterocycles. The zero-order valence-corrected chi connectivity index (χ0v) is 14.9. The number of benzene rings is 2. The van der Waals surface area contributed by atoms with Crippen molar-refractivity contribution in [3.63, 3.8) is 0 Å². The van der Waals surface area contributed by atoms with Crippen molar-refractivity contribution < 1.29 is 14.4 Å². The van der Waals surface area contributed by atoms with Gasteiger partial charge in [0.1, 0.15) is 0 Å². The van der Waals surface area contributed by atoms with Crippen molar-refractivity contribution in [2.24, 2.45) is 5.92 Å². The lowest BCUT2D eigenvalue weighted by Gasteiger charge is -2.16. The van der Waals surface area contributed by atoms with E-state index in [0.717, 1.165) is 30.6 Å². The van der Waals surface area contributed by atoms with E-state index in [2.05, 4.69) is 10.6 Å². The average Bonchev–Trinajstić information content (AvgIpc) is 3.45. The van der Waals surface area contributed by atoms with Gasteiger partial charge < -0.3 is 15.5 Å². The Hall–Kier alpha value is -3.15. The van der Waals surface area contributed by atoms with Gasteiger partial charge in [-0.2, -0.15) is 0 Å². The average molecular weight is 363 g/mol. The van der Waals surface area contributed by atoms with Crippen LogP contribution in [0.3, 0.4) is 0 Å². The Kier molecular flexibility index (Phi) is 4.62. The molecule has 4 rings (SSSR count). The highest BCUT2D eigenvalue weighted by Gasteiger charge is 2.29. The van der Waals surface area contributed by atoms with Gasteiger partial charge in [-0.05, 0) is 61.7 Å². The molecule has 2 N–H and O–H groups in total. The van der Waals surface area contributed by atoms with Crippen molar-refractivity contribution in [3.8, 4) is 0 Å². The highest BCUT2D eigenvalue weighted by Crippen LogP contribution is 2.30. The third kappa shape index (κ3) is 4.00. The SMILES string of the molecule is O=C(Nc1ccc(NC(=O)C2CC2)cc1)c1cccc(N2CCCC2=O)c1. The highest BCUT2D eigenvalue weighted by atomic mass is 16.2. The molecule has 6 heteroatoms. The van der Waals surface area contributed by atoms with E-state index in [-0.39, 0.29) is 23.6 Å². The first-order chi connectivity index (χ1) is 13.1. The fourth-order valence-corrected chi connectivity index (χ4v) is 3.17. The van der Waals surface area contributed by atoms with Crippen molar-refractivity contribution in [3.05, 3.63) is 54.1 Å². The summed E-state index contributed by atoms with van der Waals surface area (Å²) in [6.45, 7) is 0.692. The summed E-state index contributed by atoms with van der Waals surface area (Å²) in [6.07, 6.45) is 3.32. The fraction of sp³-hybridized carbons (Fsp3) is 0.286. The van der Waals surface area contributed by atoms with E-state index in [4.69, 9.17) is 0 Å². The Balaban J connectivity index is 1.41. The summed E-state index contributed by atoms with van der Waals surface area (Å²) in [5.74, 6) is 0.0638. The van der Waals surface area contributed by atoms with Gasteiger partial charge in [0.2, 0.25) is 11.8 Å². The van der Waals surface area contributed by atoms with Crippen molar-refractivity contribution in [1.29, 1.82) is 0 Å². The van der Waals surface area contributed by atoms with Crippen LogP contribution in [-0.4, -0.2) is 24.3 Å². The monoisotopic (exact) mass is 363 g/mol. The van der Waals surface area contributed by atoms with Gasteiger partial charge >= 0.3 is 0 Å². The van der Waals surface area contributed by atoms with Crippen molar-refractivity contribution in [1.82, 2.24) is 0 Å². The van der Waals surface area contributed by atoms with Crippen LogP contribution in [-0.2, 0) is 9.59 Å². The molecule has 27 heavy (non-hydrogen) atoms. The molecule has 3 amide bonds. The standard InChI is InChI=1S/C21H21N3O3/c25-19-5-2-12-24(19)18-4-1-3-15(13-18)21(27)23-17-10-8-16(9-11-17)22-20(26)14-6-7-14/h1,3-4,8-11,13-14H,2,5-7,12H2,(H,22,26)(H,23,27). The Labute approximate surface area is 157 Å². The summed E-state index contributed by atoms with van der Waals surface area (Å²) in [4.78, 5) is 37.9. The molecule has 1 aliphatic heterocycles. The van der Waals surface area contributed by atoms with Gasteiger partial charge in [0.05, 0.1) is 0 Å². The number of rotatable bonds is 5. The third-order valence-electron chi connectivity index (χ3n) is 4.85. The number of hydrogen-bond donors (Lipinski definition) is 2. The number of carbonyl (C=O) groups is 3. The van der Waals surface area contributed by atoms with Gasteiger partial charge in [-0.1, -0.05) is 6.07 Å². The Morgan fingerprint density at radius 2 is 1.67 bits per heavy atom. The van der Waals surface area contributed by atoms with Gasteiger partial charge in [0.15, 0.2) is 0 Å². The maximum Gasteiger partial charge on any atom is 0.255 e. The minimum absolute atomic E-state index is 0.0556. The quantitative estimate of drug-likeness (QED) is 0.854. The van der Waals surface area contributed by atoms with Crippen molar-refractivity contribution >= 4 is 34.8 Å². The van der Waals surface area contributed by atoms with E-state index >= 15 is 0 Å². The summed E-state index contributed by atoms with van der Waals surface area (Å²) < 4.78 is 0. The second kappa shape index (κ2) is 7.23. The summed E-state index contributed by atoms with van der Waals surface area (Å²) in [7, 11) is 0. The minimum Gasteiger partial charge on any atom is -0.326 e. The molecule has 1 heterocycles. The number of amides is 3. The van der Waals surface area contributed by atoms with E-state index in [1.54, 1.807) is 47.4 Å². The number of hydrogen-bond acceptors (Lipinski definition) is 3. The minimum atomic E-state index is -0.238. The molecule has 0 aromatic heterocycles. The van der Waals surface area contributed by atoms with Crippen molar-refractivity contribution in [2.75, 3.05) is 22.1 Å². The second-order valence-corrected chi connectivity index (χ2v) is 6.99. The lowest BCUT2D eigenvalue weighted by Crippen LogP contribution is -2.24. The van der Waals surface area contributed by atoms with E-state index in [1.165, 1.54) is 0 Å². The molecule has 0 unspecified atom stereocenters. The zero-order chi connectivity index (χ0) is 18.8. The zero-order valence-electron chi connectivity index (χ0n) is 14.9. The molecular formula is C21H21N3O3. The first-order valence-corrected chi connectivity index (χ1v) is 9.23. The maximum absolute atomic E-state index is 12.5. The van der Waals surface area contributed by atoms with Gasteiger partial charge in [-0.15, -0.1) is 0 Å². The molecule has 138 valence electrons. The van der Waals surface area contributed by atoms with Gasteiger partial charge in [0, 0.05) is 41.5 Å². The van der Waals surface area contributed by atoms with E-state index in [1.807, 2.05) is 6.07 Å². The molecule has 2 aromatic carbocycles. The van der Waals surface area contributed by atoms with Crippen LogP contribution in [0.4, 0.5) is 17.1 Å². The second-order valence-electron chi connectivity index (χ2n) is 6.99. The summed E-state index contributed by atoms with van der Waals surface area (Å²) in [5.41, 5.74) is 2.62. The van der Waals surface area contributed by atoms with E-state index in [0.29, 0.717) is 24.2 Å². The lowest BCUT2D eigenvalue weighted by atomic mass is 10.1. The molecule has 1 saturated carbocycles. The van der Waals surface area contributed by atoms with Gasteiger partial charge in [0.25, 0.3) is 5.91 Å². The first kappa shape index (κ1) is 17.3. The maximum atomic E-state index is 12.5. The predicted octanol–water partition coefficient (Wildman–Crippen LogP) is 3.41. The predicted molar refractivity (Wildman–Crippen MR) is 104 cm³/mol. The molecule has 2 aromatic rings. The Morgan fingerprint density at radius 1 is 0.963 bits per heavy atom. The fourth-order valence-electron chi connectivity index (χ4n) is 3.17. The van der Waals surface area contributed by atoms with Crippen LogP contribution in [0.1, 0.15) is 36.0 Å². The number of carbonyl (C=O) groups excluding carboxylic acids is 3. The van der Waals surface area contributed by atoms with E-state index < -0.39 is 0 Å². The molecule has 0 spiro atoms. The van der Waals surface area contributed by atoms with Crippen molar-refractivity contribution in [2.45, 2.75) is 25.7 Å². The van der Waals surface area contributed by atoms with Gasteiger partial charge in [-0.25, -0.2) is 0 Å². The summed E-state index contributed by atoms with van der Waals surface area (Å²) >= 11 is 0. The first-order valence-electron chi connectivity index (χ1n) is 9.23. The van der Waals surface area contributed by atoms with Crippen LogP contribution in [0, 0.1) is 5.92 Å². The van der Waals surface area contributed by atoms with Crippen LogP contribution in [0.25, 0.3) is 0 Å². The van der Waals surface area contributed by atoms with Crippen LogP contribution >= 0.6 is 0 Å². The largest absolute Gasteiger partial charge is 0.326 e. The molecule has 2 aliphatic rings. The number of anilines is 3. The Morgan fingerprint density at radius 3 is 2.30 bits per heavy atom. The van der Waals surface area contributed by atoms with Crippen LogP contribution in [0.15, 0.2) is 48.5 Å². The molecular weight excluding hydrogens is 342 g/mol. The smallest absolute Gasteiger partial charge is 0.255 e. The normalized spacial score (nSPS) is 16.3.